The molecule has 0 N–H and O–H groups in total. The lowest BCUT2D eigenvalue weighted by molar-refractivity contribution is -0.126. The molecule has 1 aromatic rings. The fourth-order valence-corrected chi connectivity index (χ4v) is 1.75. The first kappa shape index (κ1) is 9.00. The molecule has 2 rings (SSSR count). The summed E-state index contributed by atoms with van der Waals surface area (Å²) in [5.74, 6) is 0.0661. The van der Waals surface area contributed by atoms with Crippen molar-refractivity contribution in [2.24, 2.45) is 0 Å². The van der Waals surface area contributed by atoms with Gasteiger partial charge >= 0.3 is 0 Å². The highest BCUT2D eigenvalue weighted by atomic mass is 16.2. The second kappa shape index (κ2) is 2.98. The number of rotatable bonds is 1. The average molecular weight is 187 g/mol. The molecule has 0 aliphatic carbocycles. The number of nitrogens with zero attached hydrogens (tertiary/aromatic N) is 1. The van der Waals surface area contributed by atoms with Gasteiger partial charge < -0.3 is 4.90 Å². The topological polar surface area (TPSA) is 20.3 Å². The average Bonchev–Trinajstić information content (AvgIpc) is 2.49. The van der Waals surface area contributed by atoms with E-state index in [4.69, 9.17) is 0 Å². The number of amides is 1. The van der Waals surface area contributed by atoms with E-state index in [2.05, 4.69) is 0 Å². The molecular weight excluding hydrogens is 174 g/mol. The van der Waals surface area contributed by atoms with Gasteiger partial charge in [0.05, 0.1) is 5.54 Å². The Hall–Kier alpha value is -1.57. The molecule has 1 unspecified atom stereocenters. The summed E-state index contributed by atoms with van der Waals surface area (Å²) in [5, 5.41) is 0. The standard InChI is InChI=1S/C12H13NO/c1-12(9-8-11(14)13(12)2)10-6-4-3-5-7-10/h3-9H,1-2H3. The van der Waals surface area contributed by atoms with Crippen LogP contribution in [0.25, 0.3) is 0 Å². The molecule has 1 aliphatic rings. The van der Waals surface area contributed by atoms with Gasteiger partial charge in [-0.1, -0.05) is 30.3 Å². The highest BCUT2D eigenvalue weighted by Gasteiger charge is 2.35. The van der Waals surface area contributed by atoms with Crippen LogP contribution in [0.1, 0.15) is 12.5 Å². The second-order valence-corrected chi connectivity index (χ2v) is 3.74. The third-order valence-corrected chi connectivity index (χ3v) is 2.94. The highest BCUT2D eigenvalue weighted by Crippen LogP contribution is 2.32. The van der Waals surface area contributed by atoms with E-state index in [9.17, 15) is 4.79 Å². The van der Waals surface area contributed by atoms with Gasteiger partial charge in [-0.2, -0.15) is 0 Å². The molecule has 1 heterocycles. The smallest absolute Gasteiger partial charge is 0.247 e. The van der Waals surface area contributed by atoms with Crippen molar-refractivity contribution in [2.45, 2.75) is 12.5 Å². The molecule has 1 aromatic carbocycles. The van der Waals surface area contributed by atoms with Gasteiger partial charge in [-0.3, -0.25) is 4.79 Å². The van der Waals surface area contributed by atoms with Crippen LogP contribution < -0.4 is 0 Å². The van der Waals surface area contributed by atoms with Crippen LogP contribution in [0.5, 0.6) is 0 Å². The van der Waals surface area contributed by atoms with Gasteiger partial charge in [0.2, 0.25) is 5.91 Å². The Bertz CT molecular complexity index is 383. The Morgan fingerprint density at radius 3 is 2.36 bits per heavy atom. The predicted molar refractivity (Wildman–Crippen MR) is 55.7 cm³/mol. The molecule has 0 saturated carbocycles. The minimum absolute atomic E-state index is 0.0661. The summed E-state index contributed by atoms with van der Waals surface area (Å²) >= 11 is 0. The van der Waals surface area contributed by atoms with Crippen LogP contribution in [0.2, 0.25) is 0 Å². The lowest BCUT2D eigenvalue weighted by Crippen LogP contribution is -2.38. The Morgan fingerprint density at radius 2 is 1.86 bits per heavy atom. The number of benzene rings is 1. The summed E-state index contributed by atoms with van der Waals surface area (Å²) in [6.07, 6.45) is 3.58. The zero-order chi connectivity index (χ0) is 10.2. The van der Waals surface area contributed by atoms with E-state index in [1.54, 1.807) is 11.0 Å². The molecule has 1 atom stereocenters. The number of hydrogen-bond donors (Lipinski definition) is 0. The largest absolute Gasteiger partial charge is 0.329 e. The van der Waals surface area contributed by atoms with Gasteiger partial charge in [-0.25, -0.2) is 0 Å². The Morgan fingerprint density at radius 1 is 1.21 bits per heavy atom. The molecule has 2 heteroatoms. The number of likely N-dealkylation sites (N-methyl/N-ethyl adjacent to an activating group) is 1. The SMILES string of the molecule is CN1C(=O)C=CC1(C)c1ccccc1. The maximum absolute atomic E-state index is 11.4. The molecule has 72 valence electrons. The normalized spacial score (nSPS) is 25.9. The summed E-state index contributed by atoms with van der Waals surface area (Å²) < 4.78 is 0. The molecule has 0 spiro atoms. The van der Waals surface area contributed by atoms with E-state index in [-0.39, 0.29) is 11.4 Å². The molecule has 14 heavy (non-hydrogen) atoms. The van der Waals surface area contributed by atoms with Crippen LogP contribution in [0.3, 0.4) is 0 Å². The summed E-state index contributed by atoms with van der Waals surface area (Å²) in [6, 6.07) is 10.0. The quantitative estimate of drug-likeness (QED) is 0.658. The van der Waals surface area contributed by atoms with Crippen LogP contribution in [0.15, 0.2) is 42.5 Å². The van der Waals surface area contributed by atoms with Crippen molar-refractivity contribution in [3.05, 3.63) is 48.0 Å². The van der Waals surface area contributed by atoms with Crippen LogP contribution >= 0.6 is 0 Å². The Balaban J connectivity index is 2.44. The Kier molecular flexibility index (Phi) is 1.92. The summed E-state index contributed by atoms with van der Waals surface area (Å²) in [4.78, 5) is 13.2. The lowest BCUT2D eigenvalue weighted by atomic mass is 9.92. The third kappa shape index (κ3) is 1.15. The molecule has 1 amide bonds. The molecular formula is C12H13NO. The minimum Gasteiger partial charge on any atom is -0.329 e. The van der Waals surface area contributed by atoms with Crippen molar-refractivity contribution in [2.75, 3.05) is 7.05 Å². The van der Waals surface area contributed by atoms with Crippen LogP contribution in [-0.2, 0) is 10.3 Å². The van der Waals surface area contributed by atoms with Gasteiger partial charge in [-0.15, -0.1) is 0 Å². The number of carbonyl (C=O) groups excluding carboxylic acids is 1. The summed E-state index contributed by atoms with van der Waals surface area (Å²) in [5.41, 5.74) is 0.864. The maximum Gasteiger partial charge on any atom is 0.247 e. The molecule has 2 nitrogen and oxygen atoms in total. The molecule has 0 bridgehead atoms. The molecule has 0 aromatic heterocycles. The van der Waals surface area contributed by atoms with Crippen LogP contribution in [-0.4, -0.2) is 17.9 Å². The van der Waals surface area contributed by atoms with E-state index in [1.165, 1.54) is 0 Å². The van der Waals surface area contributed by atoms with E-state index in [0.717, 1.165) is 5.56 Å². The fourth-order valence-electron chi connectivity index (χ4n) is 1.75. The number of carbonyl (C=O) groups is 1. The second-order valence-electron chi connectivity index (χ2n) is 3.74. The van der Waals surface area contributed by atoms with E-state index in [1.807, 2.05) is 50.4 Å². The van der Waals surface area contributed by atoms with Crippen molar-refractivity contribution < 1.29 is 4.79 Å². The van der Waals surface area contributed by atoms with Gasteiger partial charge in [0.15, 0.2) is 0 Å². The first-order chi connectivity index (χ1) is 6.64. The monoisotopic (exact) mass is 187 g/mol. The van der Waals surface area contributed by atoms with Crippen molar-refractivity contribution in [1.82, 2.24) is 4.90 Å². The van der Waals surface area contributed by atoms with E-state index < -0.39 is 0 Å². The molecule has 0 radical (unpaired) electrons. The Labute approximate surface area is 83.8 Å². The van der Waals surface area contributed by atoms with Gasteiger partial charge in [0.25, 0.3) is 0 Å². The van der Waals surface area contributed by atoms with Crippen molar-refractivity contribution in [3.63, 3.8) is 0 Å². The van der Waals surface area contributed by atoms with Crippen LogP contribution in [0, 0.1) is 0 Å². The molecule has 0 saturated heterocycles. The van der Waals surface area contributed by atoms with Gasteiger partial charge in [0, 0.05) is 13.1 Å². The van der Waals surface area contributed by atoms with Crippen molar-refractivity contribution in [3.8, 4) is 0 Å². The summed E-state index contributed by atoms with van der Waals surface area (Å²) in [6.45, 7) is 2.05. The van der Waals surface area contributed by atoms with Gasteiger partial charge in [-0.05, 0) is 18.6 Å². The van der Waals surface area contributed by atoms with Gasteiger partial charge in [0.1, 0.15) is 0 Å². The van der Waals surface area contributed by atoms with E-state index in [0.29, 0.717) is 0 Å². The fraction of sp³-hybridized carbons (Fsp3) is 0.250. The van der Waals surface area contributed by atoms with E-state index >= 15 is 0 Å². The zero-order valence-corrected chi connectivity index (χ0v) is 8.40. The first-order valence-corrected chi connectivity index (χ1v) is 4.67. The minimum atomic E-state index is -0.279. The molecule has 1 aliphatic heterocycles. The maximum atomic E-state index is 11.4. The third-order valence-electron chi connectivity index (χ3n) is 2.94. The van der Waals surface area contributed by atoms with Crippen molar-refractivity contribution >= 4 is 5.91 Å². The first-order valence-electron chi connectivity index (χ1n) is 4.67. The zero-order valence-electron chi connectivity index (χ0n) is 8.40. The lowest BCUT2D eigenvalue weighted by Gasteiger charge is -2.32. The predicted octanol–water partition coefficient (Wildman–Crippen LogP) is 1.93. The highest BCUT2D eigenvalue weighted by molar-refractivity contribution is 5.91. The summed E-state index contributed by atoms with van der Waals surface area (Å²) in [7, 11) is 1.83. The number of hydrogen-bond acceptors (Lipinski definition) is 1. The van der Waals surface area contributed by atoms with Crippen molar-refractivity contribution in [1.29, 1.82) is 0 Å². The molecule has 0 fully saturated rings. The van der Waals surface area contributed by atoms with Crippen LogP contribution in [0.4, 0.5) is 0 Å².